The van der Waals surface area contributed by atoms with Gasteiger partial charge in [0.25, 0.3) is 0 Å². The Morgan fingerprint density at radius 1 is 1.47 bits per heavy atom. The normalized spacial score (nSPS) is 14.5. The highest BCUT2D eigenvalue weighted by Crippen LogP contribution is 2.32. The lowest BCUT2D eigenvalue weighted by Crippen LogP contribution is -1.98. The van der Waals surface area contributed by atoms with Crippen molar-refractivity contribution in [2.75, 3.05) is 5.73 Å². The number of H-pyrrole nitrogens is 1. The maximum Gasteiger partial charge on any atom is 0.116 e. The molecule has 0 fully saturated rings. The minimum atomic E-state index is 0.693. The molecule has 0 radical (unpaired) electrons. The fraction of sp³-hybridized carbons (Fsp3) is 0.400. The van der Waals surface area contributed by atoms with E-state index in [0.717, 1.165) is 24.2 Å². The van der Waals surface area contributed by atoms with Crippen LogP contribution in [-0.2, 0) is 19.9 Å². The minimum Gasteiger partial charge on any atom is -0.396 e. The van der Waals surface area contributed by atoms with Crippen LogP contribution >= 0.6 is 0 Å². The van der Waals surface area contributed by atoms with Gasteiger partial charge in [-0.25, -0.2) is 0 Å². The molecule has 0 atom stereocenters. The molecular weight excluding hydrogens is 190 g/mol. The van der Waals surface area contributed by atoms with Gasteiger partial charge in [-0.2, -0.15) is 10.2 Å². The van der Waals surface area contributed by atoms with Crippen LogP contribution in [0, 0.1) is 0 Å². The lowest BCUT2D eigenvalue weighted by Gasteiger charge is -2.01. The van der Waals surface area contributed by atoms with Crippen LogP contribution < -0.4 is 5.73 Å². The third kappa shape index (κ3) is 1.09. The molecule has 0 amide bonds. The van der Waals surface area contributed by atoms with Gasteiger partial charge in [0.2, 0.25) is 0 Å². The second-order valence-corrected chi connectivity index (χ2v) is 3.95. The standard InChI is InChI=1S/C10H13N5/c1-15-10(7(11)5-12-15)9-6-3-2-4-8(6)13-14-9/h5H,2-4,11H2,1H3,(H,13,14). The summed E-state index contributed by atoms with van der Waals surface area (Å²) in [4.78, 5) is 0. The number of aryl methyl sites for hydroxylation is 2. The predicted molar refractivity (Wildman–Crippen MR) is 57.2 cm³/mol. The van der Waals surface area contributed by atoms with Crippen LogP contribution in [0.4, 0.5) is 5.69 Å². The summed E-state index contributed by atoms with van der Waals surface area (Å²) in [5.74, 6) is 0. The molecule has 15 heavy (non-hydrogen) atoms. The van der Waals surface area contributed by atoms with Crippen molar-refractivity contribution in [1.82, 2.24) is 20.0 Å². The average Bonchev–Trinajstić information content (AvgIpc) is 2.84. The van der Waals surface area contributed by atoms with E-state index in [-0.39, 0.29) is 0 Å². The Kier molecular flexibility index (Phi) is 1.62. The van der Waals surface area contributed by atoms with Crippen LogP contribution in [0.2, 0.25) is 0 Å². The van der Waals surface area contributed by atoms with E-state index in [1.807, 2.05) is 7.05 Å². The van der Waals surface area contributed by atoms with Crippen LogP contribution in [0.25, 0.3) is 11.4 Å². The van der Waals surface area contributed by atoms with Gasteiger partial charge in [-0.1, -0.05) is 0 Å². The van der Waals surface area contributed by atoms with E-state index in [9.17, 15) is 0 Å². The van der Waals surface area contributed by atoms with E-state index in [1.54, 1.807) is 10.9 Å². The van der Waals surface area contributed by atoms with Gasteiger partial charge in [-0.15, -0.1) is 0 Å². The van der Waals surface area contributed by atoms with Crippen molar-refractivity contribution in [3.63, 3.8) is 0 Å². The maximum atomic E-state index is 5.89. The van der Waals surface area contributed by atoms with E-state index in [1.165, 1.54) is 17.7 Å². The molecular formula is C10H13N5. The molecule has 0 aromatic carbocycles. The van der Waals surface area contributed by atoms with Crippen LogP contribution in [0.15, 0.2) is 6.20 Å². The number of nitrogens with one attached hydrogen (secondary N) is 1. The summed E-state index contributed by atoms with van der Waals surface area (Å²) >= 11 is 0. The first-order chi connectivity index (χ1) is 7.27. The summed E-state index contributed by atoms with van der Waals surface area (Å²) in [5.41, 5.74) is 11.0. The summed E-state index contributed by atoms with van der Waals surface area (Å²) in [6, 6.07) is 0. The molecule has 1 aliphatic carbocycles. The number of rotatable bonds is 1. The second kappa shape index (κ2) is 2.85. The number of hydrogen-bond donors (Lipinski definition) is 2. The monoisotopic (exact) mass is 203 g/mol. The lowest BCUT2D eigenvalue weighted by molar-refractivity contribution is 0.770. The van der Waals surface area contributed by atoms with Crippen LogP contribution in [0.1, 0.15) is 17.7 Å². The molecule has 2 heterocycles. The Morgan fingerprint density at radius 3 is 3.07 bits per heavy atom. The molecule has 5 heteroatoms. The van der Waals surface area contributed by atoms with Crippen LogP contribution in [-0.4, -0.2) is 20.0 Å². The topological polar surface area (TPSA) is 72.5 Å². The number of nitrogen functional groups attached to an aromatic ring is 1. The van der Waals surface area contributed by atoms with Crippen LogP contribution in [0.5, 0.6) is 0 Å². The molecule has 3 N–H and O–H groups in total. The number of anilines is 1. The van der Waals surface area contributed by atoms with Gasteiger partial charge in [0.05, 0.1) is 11.9 Å². The second-order valence-electron chi connectivity index (χ2n) is 3.95. The zero-order chi connectivity index (χ0) is 10.4. The van der Waals surface area contributed by atoms with Crippen molar-refractivity contribution in [3.05, 3.63) is 17.5 Å². The summed E-state index contributed by atoms with van der Waals surface area (Å²) in [5, 5.41) is 11.6. The molecule has 0 aliphatic heterocycles. The number of aromatic amines is 1. The smallest absolute Gasteiger partial charge is 0.116 e. The van der Waals surface area contributed by atoms with Crippen molar-refractivity contribution in [2.45, 2.75) is 19.3 Å². The number of nitrogens with two attached hydrogens (primary N) is 1. The highest BCUT2D eigenvalue weighted by atomic mass is 15.3. The third-order valence-corrected chi connectivity index (χ3v) is 3.00. The first-order valence-electron chi connectivity index (χ1n) is 5.11. The molecule has 2 aromatic rings. The molecule has 0 saturated carbocycles. The van der Waals surface area contributed by atoms with E-state index in [2.05, 4.69) is 15.3 Å². The van der Waals surface area contributed by atoms with Crippen molar-refractivity contribution < 1.29 is 0 Å². The number of aromatic nitrogens is 4. The Labute approximate surface area is 87.3 Å². The van der Waals surface area contributed by atoms with Gasteiger partial charge in [-0.05, 0) is 19.3 Å². The maximum absolute atomic E-state index is 5.89. The summed E-state index contributed by atoms with van der Waals surface area (Å²) < 4.78 is 1.78. The Balaban J connectivity index is 2.21. The number of fused-ring (bicyclic) bond motifs is 1. The van der Waals surface area contributed by atoms with Crippen LogP contribution in [0.3, 0.4) is 0 Å². The number of hydrogen-bond acceptors (Lipinski definition) is 3. The van der Waals surface area contributed by atoms with E-state index >= 15 is 0 Å². The SMILES string of the molecule is Cn1ncc(N)c1-c1n[nH]c2c1CCC2. The molecule has 3 rings (SSSR count). The van der Waals surface area contributed by atoms with Crippen molar-refractivity contribution in [3.8, 4) is 11.4 Å². The molecule has 0 unspecified atom stereocenters. The van der Waals surface area contributed by atoms with Gasteiger partial charge in [-0.3, -0.25) is 9.78 Å². The van der Waals surface area contributed by atoms with Gasteiger partial charge < -0.3 is 5.73 Å². The van der Waals surface area contributed by atoms with Gasteiger partial charge in [0.15, 0.2) is 0 Å². The van der Waals surface area contributed by atoms with Gasteiger partial charge in [0, 0.05) is 18.3 Å². The predicted octanol–water partition coefficient (Wildman–Crippen LogP) is 0.881. The number of nitrogens with zero attached hydrogens (tertiary/aromatic N) is 3. The van der Waals surface area contributed by atoms with E-state index < -0.39 is 0 Å². The average molecular weight is 203 g/mol. The fourth-order valence-corrected chi connectivity index (χ4v) is 2.26. The molecule has 5 nitrogen and oxygen atoms in total. The molecule has 78 valence electrons. The first-order valence-corrected chi connectivity index (χ1v) is 5.11. The largest absolute Gasteiger partial charge is 0.396 e. The van der Waals surface area contributed by atoms with Gasteiger partial charge >= 0.3 is 0 Å². The van der Waals surface area contributed by atoms with E-state index in [0.29, 0.717) is 5.69 Å². The molecule has 1 aliphatic rings. The Morgan fingerprint density at radius 2 is 2.33 bits per heavy atom. The third-order valence-electron chi connectivity index (χ3n) is 3.00. The lowest BCUT2D eigenvalue weighted by atomic mass is 10.1. The zero-order valence-electron chi connectivity index (χ0n) is 8.62. The van der Waals surface area contributed by atoms with Crippen molar-refractivity contribution in [1.29, 1.82) is 0 Å². The van der Waals surface area contributed by atoms with Crippen molar-refractivity contribution in [2.24, 2.45) is 7.05 Å². The molecule has 2 aromatic heterocycles. The highest BCUT2D eigenvalue weighted by molar-refractivity contribution is 5.72. The fourth-order valence-electron chi connectivity index (χ4n) is 2.26. The highest BCUT2D eigenvalue weighted by Gasteiger charge is 2.22. The van der Waals surface area contributed by atoms with E-state index in [4.69, 9.17) is 5.73 Å². The van der Waals surface area contributed by atoms with Gasteiger partial charge in [0.1, 0.15) is 11.4 Å². The summed E-state index contributed by atoms with van der Waals surface area (Å²) in [6.45, 7) is 0. The molecule has 0 saturated heterocycles. The molecule has 0 bridgehead atoms. The summed E-state index contributed by atoms with van der Waals surface area (Å²) in [6.07, 6.45) is 5.06. The molecule has 0 spiro atoms. The van der Waals surface area contributed by atoms with Crippen molar-refractivity contribution >= 4 is 5.69 Å². The quantitative estimate of drug-likeness (QED) is 0.722. The Bertz CT molecular complexity index is 488. The zero-order valence-corrected chi connectivity index (χ0v) is 8.62. The first kappa shape index (κ1) is 8.52. The Hall–Kier alpha value is -1.78. The minimum absolute atomic E-state index is 0.693. The summed E-state index contributed by atoms with van der Waals surface area (Å²) in [7, 11) is 1.89.